The van der Waals surface area contributed by atoms with Crippen molar-refractivity contribution in [3.05, 3.63) is 280 Å². The summed E-state index contributed by atoms with van der Waals surface area (Å²) >= 11 is 0. The third-order valence-corrected chi connectivity index (χ3v) is 13.3. The van der Waals surface area contributed by atoms with Crippen molar-refractivity contribution in [2.45, 2.75) is 0 Å². The van der Waals surface area contributed by atoms with E-state index in [9.17, 15) is 0 Å². The third kappa shape index (κ3) is 8.78. The van der Waals surface area contributed by atoms with Crippen LogP contribution in [0.15, 0.2) is 280 Å². The summed E-state index contributed by atoms with van der Waals surface area (Å²) in [5.41, 5.74) is 22.9. The Hall–Kier alpha value is -9.51. The van der Waals surface area contributed by atoms with Crippen LogP contribution in [0, 0.1) is 0 Å². The van der Waals surface area contributed by atoms with Crippen molar-refractivity contribution in [1.82, 2.24) is 19.7 Å². The van der Waals surface area contributed by atoms with Gasteiger partial charge in [0.2, 0.25) is 0 Å². The van der Waals surface area contributed by atoms with Crippen molar-refractivity contribution in [2.24, 2.45) is 0 Å². The first-order valence-electron chi connectivity index (χ1n) is 24.0. The smallest absolute Gasteiger partial charge is 0.0708 e. The van der Waals surface area contributed by atoms with Gasteiger partial charge in [0.25, 0.3) is 0 Å². The summed E-state index contributed by atoms with van der Waals surface area (Å²) in [6.45, 7) is 0. The van der Waals surface area contributed by atoms with E-state index in [0.717, 1.165) is 106 Å². The van der Waals surface area contributed by atoms with Crippen LogP contribution >= 0.6 is 0 Å². The van der Waals surface area contributed by atoms with Crippen LogP contribution in [-0.4, -0.2) is 19.7 Å². The first-order valence-corrected chi connectivity index (χ1v) is 24.0. The minimum Gasteiger partial charge on any atom is -0.256 e. The highest BCUT2D eigenvalue weighted by Gasteiger charge is 2.19. The number of rotatable bonds is 11. The molecule has 4 nitrogen and oxygen atoms in total. The lowest BCUT2D eigenvalue weighted by atomic mass is 9.85. The van der Waals surface area contributed by atoms with Gasteiger partial charge in [-0.15, -0.1) is 0 Å². The summed E-state index contributed by atoms with van der Waals surface area (Å²) in [4.78, 5) is 10.1. The molecular formula is C67H46N4. The van der Waals surface area contributed by atoms with Crippen molar-refractivity contribution in [1.29, 1.82) is 0 Å². The van der Waals surface area contributed by atoms with Gasteiger partial charge < -0.3 is 0 Å². The summed E-state index contributed by atoms with van der Waals surface area (Å²) in [5.74, 6) is 0. The van der Waals surface area contributed by atoms with E-state index in [2.05, 4.69) is 248 Å². The molecule has 71 heavy (non-hydrogen) atoms. The van der Waals surface area contributed by atoms with Gasteiger partial charge in [-0.3, -0.25) is 9.97 Å². The standard InChI is InChI=1S/C67H46N4/c1-4-17-47(18-5-1)48-29-31-50(32-30-48)64-44-67(52-21-8-3-9-22-52)69-46-65(64)63-28-15-14-27-62(63)56-42-54(60-25-12-10-23-58(60)49-33-36-57(37-34-49)71-40-16-39-70-71)41-55(43-56)61-26-13-11-24-59(61)53-35-38-66(68-45-53)51-19-6-2-7-20-51/h1-46H. The molecule has 0 N–H and O–H groups in total. The molecular weight excluding hydrogens is 861 g/mol. The highest BCUT2D eigenvalue weighted by Crippen LogP contribution is 2.44. The molecule has 9 aromatic carbocycles. The molecule has 0 radical (unpaired) electrons. The maximum atomic E-state index is 5.17. The zero-order chi connectivity index (χ0) is 47.3. The van der Waals surface area contributed by atoms with Gasteiger partial charge in [0.15, 0.2) is 0 Å². The fraction of sp³-hybridized carbons (Fsp3) is 0. The first kappa shape index (κ1) is 42.8. The van der Waals surface area contributed by atoms with Crippen molar-refractivity contribution in [3.8, 4) is 117 Å². The molecule has 12 aromatic rings. The Morgan fingerprint density at radius 1 is 0.239 bits per heavy atom. The van der Waals surface area contributed by atoms with Crippen LogP contribution < -0.4 is 0 Å². The molecule has 0 saturated carbocycles. The second-order valence-corrected chi connectivity index (χ2v) is 17.7. The lowest BCUT2D eigenvalue weighted by Gasteiger charge is -2.19. The Morgan fingerprint density at radius 2 is 0.648 bits per heavy atom. The molecule has 0 spiro atoms. The van der Waals surface area contributed by atoms with Crippen LogP contribution in [0.4, 0.5) is 0 Å². The van der Waals surface area contributed by atoms with Crippen LogP contribution in [0.5, 0.6) is 0 Å². The zero-order valence-corrected chi connectivity index (χ0v) is 38.8. The van der Waals surface area contributed by atoms with Crippen LogP contribution in [0.25, 0.3) is 117 Å². The number of hydrogen-bond donors (Lipinski definition) is 0. The summed E-state index contributed by atoms with van der Waals surface area (Å²) < 4.78 is 1.89. The van der Waals surface area contributed by atoms with Gasteiger partial charge in [-0.1, -0.05) is 206 Å². The molecule has 334 valence electrons. The Balaban J connectivity index is 1.03. The molecule has 4 heteroatoms. The Kier molecular flexibility index (Phi) is 11.6. The third-order valence-electron chi connectivity index (χ3n) is 13.3. The molecule has 3 heterocycles. The molecule has 0 unspecified atom stereocenters. The predicted octanol–water partition coefficient (Wildman–Crippen LogP) is 17.3. The molecule has 0 fully saturated rings. The van der Waals surface area contributed by atoms with Crippen LogP contribution in [0.3, 0.4) is 0 Å². The molecule has 0 aliphatic heterocycles. The molecule has 0 amide bonds. The molecule has 0 saturated heterocycles. The number of pyridine rings is 2. The minimum atomic E-state index is 0.926. The maximum Gasteiger partial charge on any atom is 0.0708 e. The molecule has 0 bridgehead atoms. The van der Waals surface area contributed by atoms with Crippen LogP contribution in [-0.2, 0) is 0 Å². The second kappa shape index (κ2) is 19.2. The van der Waals surface area contributed by atoms with Crippen LogP contribution in [0.1, 0.15) is 0 Å². The van der Waals surface area contributed by atoms with Gasteiger partial charge in [-0.05, 0) is 126 Å². The quantitative estimate of drug-likeness (QED) is 0.130. The second-order valence-electron chi connectivity index (χ2n) is 17.7. The fourth-order valence-corrected chi connectivity index (χ4v) is 9.73. The van der Waals surface area contributed by atoms with Gasteiger partial charge >= 0.3 is 0 Å². The fourth-order valence-electron chi connectivity index (χ4n) is 9.73. The molecule has 0 aliphatic carbocycles. The average molecular weight is 907 g/mol. The van der Waals surface area contributed by atoms with E-state index in [1.165, 1.54) is 11.1 Å². The van der Waals surface area contributed by atoms with Crippen molar-refractivity contribution < 1.29 is 0 Å². The Bertz CT molecular complexity index is 3750. The van der Waals surface area contributed by atoms with Gasteiger partial charge in [0, 0.05) is 47.0 Å². The molecule has 0 atom stereocenters. The number of nitrogens with zero attached hydrogens (tertiary/aromatic N) is 4. The maximum absolute atomic E-state index is 5.17. The largest absolute Gasteiger partial charge is 0.256 e. The number of aromatic nitrogens is 4. The Morgan fingerprint density at radius 3 is 1.18 bits per heavy atom. The summed E-state index contributed by atoms with van der Waals surface area (Å²) in [6.07, 6.45) is 7.85. The SMILES string of the molecule is c1ccc(-c2ccc(-c3cc(-c4ccccc4)ncc3-c3ccccc3-c3cc(-c4ccccc4-c4ccc(-n5cccn5)cc4)cc(-c4ccccc4-c4ccc(-c5ccccc5)nc4)c3)cc2)cc1. The van der Waals surface area contributed by atoms with E-state index in [0.29, 0.717) is 0 Å². The topological polar surface area (TPSA) is 43.6 Å². The van der Waals surface area contributed by atoms with E-state index >= 15 is 0 Å². The lowest BCUT2D eigenvalue weighted by molar-refractivity contribution is 0.881. The predicted molar refractivity (Wildman–Crippen MR) is 294 cm³/mol. The first-order chi connectivity index (χ1) is 35.2. The lowest BCUT2D eigenvalue weighted by Crippen LogP contribution is -1.95. The van der Waals surface area contributed by atoms with E-state index in [-0.39, 0.29) is 0 Å². The molecule has 0 aliphatic rings. The van der Waals surface area contributed by atoms with Gasteiger partial charge in [0.05, 0.1) is 17.1 Å². The van der Waals surface area contributed by atoms with E-state index in [4.69, 9.17) is 9.97 Å². The van der Waals surface area contributed by atoms with Gasteiger partial charge in [-0.25, -0.2) is 4.68 Å². The van der Waals surface area contributed by atoms with Crippen molar-refractivity contribution in [2.75, 3.05) is 0 Å². The zero-order valence-electron chi connectivity index (χ0n) is 38.8. The van der Waals surface area contributed by atoms with Crippen LogP contribution in [0.2, 0.25) is 0 Å². The highest BCUT2D eigenvalue weighted by molar-refractivity contribution is 5.97. The summed E-state index contributed by atoms with van der Waals surface area (Å²) in [7, 11) is 0. The summed E-state index contributed by atoms with van der Waals surface area (Å²) in [5, 5.41) is 4.47. The van der Waals surface area contributed by atoms with Gasteiger partial charge in [-0.2, -0.15) is 5.10 Å². The normalized spacial score (nSPS) is 11.1. The molecule has 3 aromatic heterocycles. The van der Waals surface area contributed by atoms with Gasteiger partial charge in [0.1, 0.15) is 0 Å². The van der Waals surface area contributed by atoms with Crippen molar-refractivity contribution >= 4 is 0 Å². The minimum absolute atomic E-state index is 0.926. The van der Waals surface area contributed by atoms with Crippen molar-refractivity contribution in [3.63, 3.8) is 0 Å². The van der Waals surface area contributed by atoms with E-state index in [1.807, 2.05) is 35.3 Å². The number of benzene rings is 9. The Labute approximate surface area is 414 Å². The average Bonchev–Trinajstić information content (AvgIpc) is 4.01. The molecule has 12 rings (SSSR count). The number of hydrogen-bond acceptors (Lipinski definition) is 3. The monoisotopic (exact) mass is 906 g/mol. The highest BCUT2D eigenvalue weighted by atomic mass is 15.3. The van der Waals surface area contributed by atoms with E-state index < -0.39 is 0 Å². The summed E-state index contributed by atoms with van der Waals surface area (Å²) in [6, 6.07) is 90.7. The van der Waals surface area contributed by atoms with E-state index in [1.54, 1.807) is 6.20 Å².